The highest BCUT2D eigenvalue weighted by Crippen LogP contribution is 2.31. The topological polar surface area (TPSA) is 42.1 Å². The van der Waals surface area contributed by atoms with Crippen molar-refractivity contribution >= 4 is 10.8 Å². The molecule has 0 unspecified atom stereocenters. The van der Waals surface area contributed by atoms with Crippen molar-refractivity contribution in [3.05, 3.63) is 40.3 Å². The highest BCUT2D eigenvalue weighted by Gasteiger charge is 2.21. The van der Waals surface area contributed by atoms with Crippen molar-refractivity contribution < 1.29 is 4.74 Å². The van der Waals surface area contributed by atoms with Gasteiger partial charge >= 0.3 is 0 Å². The Morgan fingerprint density at radius 2 is 2.00 bits per heavy atom. The van der Waals surface area contributed by atoms with E-state index in [-0.39, 0.29) is 5.56 Å². The Balaban J connectivity index is 1.81. The van der Waals surface area contributed by atoms with Gasteiger partial charge in [0.15, 0.2) is 0 Å². The molecule has 2 aromatic rings. The first kappa shape index (κ1) is 14.2. The summed E-state index contributed by atoms with van der Waals surface area (Å²) >= 11 is 0. The van der Waals surface area contributed by atoms with E-state index in [9.17, 15) is 4.79 Å². The second-order valence-corrected chi connectivity index (χ2v) is 6.18. The van der Waals surface area contributed by atoms with Crippen LogP contribution in [0.25, 0.3) is 10.8 Å². The molecule has 1 N–H and O–H groups in total. The molecule has 0 bridgehead atoms. The lowest BCUT2D eigenvalue weighted by molar-refractivity contribution is 0.129. The molecule has 112 valence electrons. The lowest BCUT2D eigenvalue weighted by atomic mass is 9.86. The summed E-state index contributed by atoms with van der Waals surface area (Å²) in [5.41, 5.74) is 1.00. The number of aromatic amines is 1. The van der Waals surface area contributed by atoms with E-state index in [1.54, 1.807) is 6.20 Å². The van der Waals surface area contributed by atoms with Crippen molar-refractivity contribution in [3.63, 3.8) is 0 Å². The molecule has 1 fully saturated rings. The number of hydrogen-bond acceptors (Lipinski definition) is 2. The fourth-order valence-corrected chi connectivity index (χ4v) is 3.29. The zero-order valence-electron chi connectivity index (χ0n) is 12.8. The van der Waals surface area contributed by atoms with E-state index in [0.717, 1.165) is 40.8 Å². The molecule has 3 rings (SSSR count). The largest absolute Gasteiger partial charge is 0.490 e. The first-order chi connectivity index (χ1) is 10.2. The highest BCUT2D eigenvalue weighted by molar-refractivity contribution is 5.83. The molecule has 0 radical (unpaired) electrons. The number of aryl methyl sites for hydroxylation is 1. The fraction of sp³-hybridized carbons (Fsp3) is 0.500. The van der Waals surface area contributed by atoms with Crippen LogP contribution in [0.5, 0.6) is 5.75 Å². The number of pyridine rings is 1. The Labute approximate surface area is 125 Å². The second-order valence-electron chi connectivity index (χ2n) is 6.18. The van der Waals surface area contributed by atoms with Crippen LogP contribution in [0.4, 0.5) is 0 Å². The molecule has 3 heteroatoms. The highest BCUT2D eigenvalue weighted by atomic mass is 16.5. The van der Waals surface area contributed by atoms with E-state index >= 15 is 0 Å². The summed E-state index contributed by atoms with van der Waals surface area (Å²) in [6, 6.07) is 5.87. The maximum atomic E-state index is 11.8. The van der Waals surface area contributed by atoms with Gasteiger partial charge in [0.05, 0.1) is 6.10 Å². The molecule has 0 saturated heterocycles. The summed E-state index contributed by atoms with van der Waals surface area (Å²) in [7, 11) is 0. The van der Waals surface area contributed by atoms with Crippen LogP contribution >= 0.6 is 0 Å². The van der Waals surface area contributed by atoms with Gasteiger partial charge in [-0.25, -0.2) is 0 Å². The van der Waals surface area contributed by atoms with Gasteiger partial charge in [0.25, 0.3) is 5.56 Å². The first-order valence-electron chi connectivity index (χ1n) is 7.96. The van der Waals surface area contributed by atoms with Crippen LogP contribution in [-0.4, -0.2) is 11.1 Å². The molecule has 21 heavy (non-hydrogen) atoms. The predicted octanol–water partition coefficient (Wildman–Crippen LogP) is 4.18. The van der Waals surface area contributed by atoms with Gasteiger partial charge in [-0.15, -0.1) is 0 Å². The Morgan fingerprint density at radius 1 is 1.24 bits per heavy atom. The van der Waals surface area contributed by atoms with Gasteiger partial charge in [-0.2, -0.15) is 0 Å². The van der Waals surface area contributed by atoms with Crippen molar-refractivity contribution in [2.45, 2.75) is 52.1 Å². The van der Waals surface area contributed by atoms with Crippen molar-refractivity contribution in [3.8, 4) is 5.75 Å². The van der Waals surface area contributed by atoms with E-state index < -0.39 is 0 Å². The Kier molecular flexibility index (Phi) is 4.00. The predicted molar refractivity (Wildman–Crippen MR) is 86.0 cm³/mol. The number of nitrogens with one attached hydrogen (secondary N) is 1. The smallest absolute Gasteiger partial charge is 0.255 e. The van der Waals surface area contributed by atoms with E-state index in [4.69, 9.17) is 4.74 Å². The van der Waals surface area contributed by atoms with Crippen LogP contribution in [0.15, 0.2) is 29.2 Å². The monoisotopic (exact) mass is 285 g/mol. The van der Waals surface area contributed by atoms with Gasteiger partial charge in [-0.3, -0.25) is 4.79 Å². The van der Waals surface area contributed by atoms with E-state index in [0.29, 0.717) is 6.10 Å². The van der Waals surface area contributed by atoms with E-state index in [1.807, 2.05) is 25.1 Å². The maximum Gasteiger partial charge on any atom is 0.255 e. The molecule has 0 spiro atoms. The Hall–Kier alpha value is -1.77. The lowest BCUT2D eigenvalue weighted by Gasteiger charge is -2.28. The summed E-state index contributed by atoms with van der Waals surface area (Å²) < 4.78 is 6.21. The SMILES string of the molecule is CCC1CCC(Oc2cc3cc[nH]c(=O)c3cc2C)CC1. The number of benzene rings is 1. The lowest BCUT2D eigenvalue weighted by Crippen LogP contribution is -2.24. The van der Waals surface area contributed by atoms with E-state index in [1.165, 1.54) is 19.3 Å². The van der Waals surface area contributed by atoms with Gasteiger partial charge in [0, 0.05) is 11.6 Å². The zero-order chi connectivity index (χ0) is 14.8. The average Bonchev–Trinajstić information content (AvgIpc) is 2.50. The molecule has 1 heterocycles. The third-order valence-corrected chi connectivity index (χ3v) is 4.73. The van der Waals surface area contributed by atoms with Crippen LogP contribution in [0.3, 0.4) is 0 Å². The molecular formula is C18H23NO2. The van der Waals surface area contributed by atoms with Crippen LogP contribution in [0.2, 0.25) is 0 Å². The molecule has 0 amide bonds. The summed E-state index contributed by atoms with van der Waals surface area (Å²) in [6.45, 7) is 4.29. The summed E-state index contributed by atoms with van der Waals surface area (Å²) in [6.07, 6.45) is 8.13. The Bertz CT molecular complexity index is 681. The van der Waals surface area contributed by atoms with Crippen LogP contribution in [0, 0.1) is 12.8 Å². The zero-order valence-corrected chi connectivity index (χ0v) is 12.8. The quantitative estimate of drug-likeness (QED) is 0.919. The van der Waals surface area contributed by atoms with Gasteiger partial charge in [0.1, 0.15) is 5.75 Å². The minimum Gasteiger partial charge on any atom is -0.490 e. The minimum atomic E-state index is -0.0365. The Morgan fingerprint density at radius 3 is 2.71 bits per heavy atom. The molecule has 1 aromatic carbocycles. The molecule has 0 atom stereocenters. The number of rotatable bonds is 3. The number of ether oxygens (including phenoxy) is 1. The number of hydrogen-bond donors (Lipinski definition) is 1. The summed E-state index contributed by atoms with van der Waals surface area (Å²) in [4.78, 5) is 14.5. The number of H-pyrrole nitrogens is 1. The summed E-state index contributed by atoms with van der Waals surface area (Å²) in [5.74, 6) is 1.80. The molecular weight excluding hydrogens is 262 g/mol. The van der Waals surface area contributed by atoms with Crippen molar-refractivity contribution in [2.75, 3.05) is 0 Å². The molecule has 1 saturated carbocycles. The van der Waals surface area contributed by atoms with E-state index in [2.05, 4.69) is 11.9 Å². The number of aromatic nitrogens is 1. The second kappa shape index (κ2) is 5.92. The van der Waals surface area contributed by atoms with Crippen LogP contribution in [0.1, 0.15) is 44.6 Å². The molecule has 3 nitrogen and oxygen atoms in total. The van der Waals surface area contributed by atoms with Gasteiger partial charge < -0.3 is 9.72 Å². The average molecular weight is 285 g/mol. The first-order valence-corrected chi connectivity index (χ1v) is 7.96. The van der Waals surface area contributed by atoms with Crippen LogP contribution < -0.4 is 10.3 Å². The van der Waals surface area contributed by atoms with Crippen molar-refractivity contribution in [1.82, 2.24) is 4.98 Å². The third-order valence-electron chi connectivity index (χ3n) is 4.73. The standard InChI is InChI=1S/C18H23NO2/c1-3-13-4-6-15(7-5-13)21-17-11-14-8-9-19-18(20)16(14)10-12(17)2/h8-11,13,15H,3-7H2,1-2H3,(H,19,20). The molecule has 1 aliphatic carbocycles. The number of fused-ring (bicyclic) bond motifs is 1. The third kappa shape index (κ3) is 2.97. The van der Waals surface area contributed by atoms with Crippen molar-refractivity contribution in [2.24, 2.45) is 5.92 Å². The minimum absolute atomic E-state index is 0.0365. The fourth-order valence-electron chi connectivity index (χ4n) is 3.29. The van der Waals surface area contributed by atoms with Gasteiger partial charge in [-0.1, -0.05) is 13.3 Å². The maximum absolute atomic E-state index is 11.8. The van der Waals surface area contributed by atoms with Crippen molar-refractivity contribution in [1.29, 1.82) is 0 Å². The van der Waals surface area contributed by atoms with Gasteiger partial charge in [-0.05, 0) is 67.7 Å². The molecule has 1 aliphatic rings. The summed E-state index contributed by atoms with van der Waals surface area (Å²) in [5, 5.41) is 1.68. The molecule has 1 aromatic heterocycles. The van der Waals surface area contributed by atoms with Crippen LogP contribution in [-0.2, 0) is 0 Å². The molecule has 0 aliphatic heterocycles. The normalized spacial score (nSPS) is 22.4. The van der Waals surface area contributed by atoms with Gasteiger partial charge in [0.2, 0.25) is 0 Å².